The van der Waals surface area contributed by atoms with Gasteiger partial charge in [-0.15, -0.1) is 0 Å². The minimum atomic E-state index is -0.854. The van der Waals surface area contributed by atoms with Crippen molar-refractivity contribution >= 4 is 30.0 Å². The third-order valence-electron chi connectivity index (χ3n) is 5.10. The van der Waals surface area contributed by atoms with Gasteiger partial charge in [-0.05, 0) is 63.1 Å². The lowest BCUT2D eigenvalue weighted by Crippen LogP contribution is -2.37. The summed E-state index contributed by atoms with van der Waals surface area (Å²) in [6, 6.07) is 6.24. The molecule has 3 heterocycles. The number of anilines is 3. The van der Waals surface area contributed by atoms with Gasteiger partial charge in [-0.3, -0.25) is 0 Å². The standard InChI is InChI=1S/C18H24BN5O2/c1-12-10-20-18(23-17(12)21-14-5-7-24(2)8-6-14)22-15-4-3-13-11-26-19(25)16(13)9-15/h3-4,9-10,14,25H,5-8,11H2,1-2H3,(H2,20,21,22,23). The van der Waals surface area contributed by atoms with Crippen molar-refractivity contribution < 1.29 is 9.68 Å². The van der Waals surface area contributed by atoms with Gasteiger partial charge < -0.3 is 25.2 Å². The van der Waals surface area contributed by atoms with Gasteiger partial charge in [0.1, 0.15) is 5.82 Å². The zero-order valence-corrected chi connectivity index (χ0v) is 15.2. The van der Waals surface area contributed by atoms with Gasteiger partial charge in [0.2, 0.25) is 5.95 Å². The molecule has 2 aliphatic rings. The first kappa shape index (κ1) is 17.3. The molecule has 1 aromatic heterocycles. The molecule has 3 N–H and O–H groups in total. The topological polar surface area (TPSA) is 82.5 Å². The summed E-state index contributed by atoms with van der Waals surface area (Å²) >= 11 is 0. The largest absolute Gasteiger partial charge is 0.491 e. The van der Waals surface area contributed by atoms with E-state index in [-0.39, 0.29) is 0 Å². The Bertz CT molecular complexity index is 795. The Morgan fingerprint density at radius 2 is 2.12 bits per heavy atom. The highest BCUT2D eigenvalue weighted by atomic mass is 16.5. The van der Waals surface area contributed by atoms with Crippen molar-refractivity contribution in [1.82, 2.24) is 14.9 Å². The van der Waals surface area contributed by atoms with Crippen LogP contribution in [0.4, 0.5) is 17.5 Å². The molecular weight excluding hydrogens is 329 g/mol. The maximum atomic E-state index is 9.86. The second-order valence-electron chi connectivity index (χ2n) is 7.15. The molecule has 2 aliphatic heterocycles. The number of fused-ring (bicyclic) bond motifs is 1. The van der Waals surface area contributed by atoms with Crippen LogP contribution in [0.25, 0.3) is 0 Å². The third-order valence-corrected chi connectivity index (χ3v) is 5.10. The lowest BCUT2D eigenvalue weighted by atomic mass is 9.79. The molecule has 4 rings (SSSR count). The molecule has 0 bridgehead atoms. The van der Waals surface area contributed by atoms with Crippen molar-refractivity contribution in [2.45, 2.75) is 32.4 Å². The molecule has 136 valence electrons. The van der Waals surface area contributed by atoms with Crippen LogP contribution in [-0.2, 0) is 11.3 Å². The van der Waals surface area contributed by atoms with E-state index in [2.05, 4.69) is 32.5 Å². The number of aromatic nitrogens is 2. The van der Waals surface area contributed by atoms with E-state index < -0.39 is 7.12 Å². The maximum absolute atomic E-state index is 9.86. The minimum absolute atomic E-state index is 0.444. The summed E-state index contributed by atoms with van der Waals surface area (Å²) in [4.78, 5) is 11.4. The lowest BCUT2D eigenvalue weighted by Gasteiger charge is -2.30. The maximum Gasteiger partial charge on any atom is 0.491 e. The Morgan fingerprint density at radius 1 is 1.31 bits per heavy atom. The first-order valence-electron chi connectivity index (χ1n) is 9.07. The fraction of sp³-hybridized carbons (Fsp3) is 0.444. The summed E-state index contributed by atoms with van der Waals surface area (Å²) in [7, 11) is 1.31. The summed E-state index contributed by atoms with van der Waals surface area (Å²) < 4.78 is 5.24. The summed E-state index contributed by atoms with van der Waals surface area (Å²) in [5.74, 6) is 1.42. The molecule has 1 aromatic carbocycles. The van der Waals surface area contributed by atoms with E-state index >= 15 is 0 Å². The van der Waals surface area contributed by atoms with Gasteiger partial charge in [0.05, 0.1) is 6.61 Å². The molecular formula is C18H24BN5O2. The fourth-order valence-electron chi connectivity index (χ4n) is 3.42. The molecule has 1 saturated heterocycles. The summed E-state index contributed by atoms with van der Waals surface area (Å²) in [6.07, 6.45) is 4.06. The smallest absolute Gasteiger partial charge is 0.423 e. The fourth-order valence-corrected chi connectivity index (χ4v) is 3.42. The Kier molecular flexibility index (Phi) is 4.80. The van der Waals surface area contributed by atoms with Crippen LogP contribution >= 0.6 is 0 Å². The Labute approximate surface area is 153 Å². The molecule has 8 heteroatoms. The number of piperidine rings is 1. The first-order valence-corrected chi connectivity index (χ1v) is 9.07. The number of benzene rings is 1. The summed E-state index contributed by atoms with van der Waals surface area (Å²) in [5.41, 5.74) is 3.68. The van der Waals surface area contributed by atoms with Crippen molar-refractivity contribution in [3.8, 4) is 0 Å². The average molecular weight is 353 g/mol. The van der Waals surface area contributed by atoms with E-state index in [1.54, 1.807) is 0 Å². The Balaban J connectivity index is 1.48. The van der Waals surface area contributed by atoms with Gasteiger partial charge in [0, 0.05) is 23.5 Å². The van der Waals surface area contributed by atoms with Crippen molar-refractivity contribution in [2.24, 2.45) is 0 Å². The van der Waals surface area contributed by atoms with Crippen molar-refractivity contribution in [3.05, 3.63) is 35.5 Å². The summed E-state index contributed by atoms with van der Waals surface area (Å²) in [5, 5.41) is 16.7. The Morgan fingerprint density at radius 3 is 2.92 bits per heavy atom. The zero-order chi connectivity index (χ0) is 18.1. The number of hydrogen-bond acceptors (Lipinski definition) is 7. The van der Waals surface area contributed by atoms with E-state index in [0.29, 0.717) is 18.6 Å². The molecule has 0 spiro atoms. The van der Waals surface area contributed by atoms with Crippen LogP contribution in [0.15, 0.2) is 24.4 Å². The molecule has 1 fully saturated rings. The monoisotopic (exact) mass is 353 g/mol. The highest BCUT2D eigenvalue weighted by Gasteiger charge is 2.27. The number of nitrogens with one attached hydrogen (secondary N) is 2. The minimum Gasteiger partial charge on any atom is -0.423 e. The first-order chi connectivity index (χ1) is 12.6. The third kappa shape index (κ3) is 3.67. The second-order valence-corrected chi connectivity index (χ2v) is 7.15. The second kappa shape index (κ2) is 7.22. The van der Waals surface area contributed by atoms with Crippen LogP contribution in [0, 0.1) is 6.92 Å². The van der Waals surface area contributed by atoms with E-state index in [0.717, 1.165) is 54.0 Å². The molecule has 26 heavy (non-hydrogen) atoms. The highest BCUT2D eigenvalue weighted by Crippen LogP contribution is 2.21. The van der Waals surface area contributed by atoms with Crippen LogP contribution in [0.2, 0.25) is 0 Å². The zero-order valence-electron chi connectivity index (χ0n) is 15.2. The van der Waals surface area contributed by atoms with Gasteiger partial charge in [-0.2, -0.15) is 4.98 Å². The van der Waals surface area contributed by atoms with Crippen LogP contribution in [0.5, 0.6) is 0 Å². The van der Waals surface area contributed by atoms with Gasteiger partial charge in [0.25, 0.3) is 0 Å². The normalized spacial score (nSPS) is 18.0. The van der Waals surface area contributed by atoms with Crippen molar-refractivity contribution in [2.75, 3.05) is 30.8 Å². The number of hydrogen-bond donors (Lipinski definition) is 3. The predicted molar refractivity (Wildman–Crippen MR) is 103 cm³/mol. The SMILES string of the molecule is Cc1cnc(Nc2ccc3c(c2)B(O)OC3)nc1NC1CCN(C)CC1. The molecule has 0 radical (unpaired) electrons. The van der Waals surface area contributed by atoms with Crippen molar-refractivity contribution in [1.29, 1.82) is 0 Å². The summed E-state index contributed by atoms with van der Waals surface area (Å²) in [6.45, 7) is 4.67. The number of nitrogens with zero attached hydrogens (tertiary/aromatic N) is 3. The molecule has 0 atom stereocenters. The van der Waals surface area contributed by atoms with Gasteiger partial charge >= 0.3 is 7.12 Å². The van der Waals surface area contributed by atoms with Gasteiger partial charge in [-0.1, -0.05) is 6.07 Å². The molecule has 0 aliphatic carbocycles. The number of rotatable bonds is 4. The van der Waals surface area contributed by atoms with E-state index in [9.17, 15) is 5.02 Å². The van der Waals surface area contributed by atoms with Crippen LogP contribution in [-0.4, -0.2) is 53.2 Å². The molecule has 0 unspecified atom stereocenters. The molecule has 0 saturated carbocycles. The van der Waals surface area contributed by atoms with Crippen LogP contribution < -0.4 is 16.1 Å². The lowest BCUT2D eigenvalue weighted by molar-refractivity contribution is 0.263. The highest BCUT2D eigenvalue weighted by molar-refractivity contribution is 6.61. The van der Waals surface area contributed by atoms with E-state index in [1.165, 1.54) is 0 Å². The van der Waals surface area contributed by atoms with E-state index in [1.807, 2.05) is 31.3 Å². The number of aryl methyl sites for hydroxylation is 1. The van der Waals surface area contributed by atoms with Gasteiger partial charge in [-0.25, -0.2) is 4.98 Å². The quantitative estimate of drug-likeness (QED) is 0.714. The molecule has 0 amide bonds. The van der Waals surface area contributed by atoms with Crippen LogP contribution in [0.1, 0.15) is 24.0 Å². The molecule has 7 nitrogen and oxygen atoms in total. The number of likely N-dealkylation sites (tertiary alicyclic amines) is 1. The van der Waals surface area contributed by atoms with E-state index in [4.69, 9.17) is 4.65 Å². The van der Waals surface area contributed by atoms with Crippen molar-refractivity contribution in [3.63, 3.8) is 0 Å². The van der Waals surface area contributed by atoms with Crippen LogP contribution in [0.3, 0.4) is 0 Å². The molecule has 2 aromatic rings. The predicted octanol–water partition coefficient (Wildman–Crippen LogP) is 1.25. The average Bonchev–Trinajstić information content (AvgIpc) is 3.00. The Hall–Kier alpha value is -2.16. The van der Waals surface area contributed by atoms with Gasteiger partial charge in [0.15, 0.2) is 0 Å².